The molecule has 0 radical (unpaired) electrons. The molecule has 174 valence electrons. The number of rotatable bonds is 8. The number of halogens is 3. The first-order valence-electron chi connectivity index (χ1n) is 9.86. The third kappa shape index (κ3) is 5.55. The number of hydrogen-bond acceptors (Lipinski definition) is 5. The molecule has 33 heavy (non-hydrogen) atoms. The van der Waals surface area contributed by atoms with E-state index in [1.807, 2.05) is 0 Å². The number of benzene rings is 2. The molecule has 1 aliphatic heterocycles. The lowest BCUT2D eigenvalue weighted by molar-refractivity contribution is -0.173. The van der Waals surface area contributed by atoms with Gasteiger partial charge in [0.05, 0.1) is 11.1 Å². The van der Waals surface area contributed by atoms with Gasteiger partial charge in [-0.1, -0.05) is 12.1 Å². The number of alkyl halides is 3. The van der Waals surface area contributed by atoms with Crippen molar-refractivity contribution in [3.8, 4) is 0 Å². The maximum Gasteiger partial charge on any atom is 0.471 e. The zero-order valence-electron chi connectivity index (χ0n) is 17.5. The lowest BCUT2D eigenvalue weighted by Gasteiger charge is -2.12. The summed E-state index contributed by atoms with van der Waals surface area (Å²) in [6.07, 6.45) is -4.47. The fraction of sp³-hybridized carbons (Fsp3) is 0.273. The normalized spacial score (nSPS) is 13.2. The van der Waals surface area contributed by atoms with Crippen LogP contribution in [-0.4, -0.2) is 55.0 Å². The number of anilines is 1. The molecule has 0 aromatic heterocycles. The molecular weight excluding hydrogens is 443 g/mol. The van der Waals surface area contributed by atoms with E-state index in [0.717, 1.165) is 4.90 Å². The van der Waals surface area contributed by atoms with Gasteiger partial charge in [-0.2, -0.15) is 13.2 Å². The van der Waals surface area contributed by atoms with Gasteiger partial charge in [-0.15, -0.1) is 0 Å². The summed E-state index contributed by atoms with van der Waals surface area (Å²) in [6.45, 7) is 0.278. The van der Waals surface area contributed by atoms with Gasteiger partial charge in [0.1, 0.15) is 0 Å². The first-order chi connectivity index (χ1) is 15.6. The van der Waals surface area contributed by atoms with Crippen LogP contribution in [0.25, 0.3) is 0 Å². The van der Waals surface area contributed by atoms with Gasteiger partial charge in [-0.05, 0) is 42.3 Å². The number of ether oxygens (including phenoxy) is 1. The first-order valence-corrected chi connectivity index (χ1v) is 9.86. The van der Waals surface area contributed by atoms with Crippen LogP contribution in [0, 0.1) is 0 Å². The van der Waals surface area contributed by atoms with Crippen LogP contribution in [0.3, 0.4) is 0 Å². The Morgan fingerprint density at radius 3 is 2.30 bits per heavy atom. The van der Waals surface area contributed by atoms with Gasteiger partial charge in [-0.25, -0.2) is 0 Å². The summed E-state index contributed by atoms with van der Waals surface area (Å²) in [7, 11) is 1.52. The lowest BCUT2D eigenvalue weighted by Crippen LogP contribution is -2.36. The van der Waals surface area contributed by atoms with Crippen LogP contribution in [0.1, 0.15) is 43.1 Å². The number of imide groups is 1. The van der Waals surface area contributed by atoms with Crippen molar-refractivity contribution < 1.29 is 37.1 Å². The molecule has 11 heteroatoms. The third-order valence-corrected chi connectivity index (χ3v) is 4.89. The number of nitrogens with one attached hydrogen (secondary N) is 2. The average Bonchev–Trinajstić information content (AvgIpc) is 3.02. The Kier molecular flexibility index (Phi) is 7.12. The molecule has 2 aromatic rings. The Morgan fingerprint density at radius 1 is 1.00 bits per heavy atom. The summed E-state index contributed by atoms with van der Waals surface area (Å²) in [5.41, 5.74) is 1.28. The second-order valence-electron chi connectivity index (χ2n) is 7.20. The van der Waals surface area contributed by atoms with E-state index in [4.69, 9.17) is 4.74 Å². The van der Waals surface area contributed by atoms with Crippen LogP contribution in [0.15, 0.2) is 42.5 Å². The molecule has 0 unspecified atom stereocenters. The lowest BCUT2D eigenvalue weighted by atomic mass is 10.1. The van der Waals surface area contributed by atoms with E-state index in [1.165, 1.54) is 49.6 Å². The minimum Gasteiger partial charge on any atom is -0.385 e. The van der Waals surface area contributed by atoms with Crippen molar-refractivity contribution in [3.63, 3.8) is 0 Å². The predicted octanol–water partition coefficient (Wildman–Crippen LogP) is 2.75. The highest BCUT2D eigenvalue weighted by Crippen LogP contribution is 2.25. The van der Waals surface area contributed by atoms with Crippen molar-refractivity contribution >= 4 is 29.3 Å². The Balaban J connectivity index is 1.63. The molecule has 0 fully saturated rings. The largest absolute Gasteiger partial charge is 0.471 e. The van der Waals surface area contributed by atoms with Crippen molar-refractivity contribution in [2.24, 2.45) is 0 Å². The smallest absolute Gasteiger partial charge is 0.385 e. The highest BCUT2D eigenvalue weighted by Gasteiger charge is 2.38. The van der Waals surface area contributed by atoms with Crippen LogP contribution in [0.5, 0.6) is 0 Å². The van der Waals surface area contributed by atoms with E-state index in [9.17, 15) is 32.3 Å². The Hall–Kier alpha value is -3.73. The van der Waals surface area contributed by atoms with Crippen molar-refractivity contribution in [1.82, 2.24) is 10.2 Å². The Bertz CT molecular complexity index is 1080. The first kappa shape index (κ1) is 23.9. The molecular formula is C22H20F3N3O5. The summed E-state index contributed by atoms with van der Waals surface area (Å²) in [4.78, 5) is 49.6. The number of amides is 4. The van der Waals surface area contributed by atoms with E-state index in [-0.39, 0.29) is 29.8 Å². The summed E-state index contributed by atoms with van der Waals surface area (Å²) in [6, 6.07) is 10.0. The summed E-state index contributed by atoms with van der Waals surface area (Å²) in [5, 5.41) is 4.37. The van der Waals surface area contributed by atoms with E-state index in [1.54, 1.807) is 5.32 Å². The van der Waals surface area contributed by atoms with Crippen LogP contribution in [0.2, 0.25) is 0 Å². The van der Waals surface area contributed by atoms with Crippen molar-refractivity contribution in [2.75, 3.05) is 25.6 Å². The van der Waals surface area contributed by atoms with Gasteiger partial charge in [-0.3, -0.25) is 24.1 Å². The van der Waals surface area contributed by atoms with E-state index in [0.29, 0.717) is 24.3 Å². The number of methoxy groups -OCH3 is 1. The van der Waals surface area contributed by atoms with E-state index in [2.05, 4.69) is 5.32 Å². The molecule has 0 atom stereocenters. The van der Waals surface area contributed by atoms with Crippen molar-refractivity contribution in [1.29, 1.82) is 0 Å². The number of fused-ring (bicyclic) bond motifs is 1. The number of carbonyl (C=O) groups is 4. The minimum absolute atomic E-state index is 0.140. The predicted molar refractivity (Wildman–Crippen MR) is 111 cm³/mol. The maximum atomic E-state index is 12.6. The Labute approximate surface area is 186 Å². The molecule has 4 amide bonds. The number of nitrogens with zero attached hydrogens (tertiary/aromatic N) is 1. The SMILES string of the molecule is COCCCN1C(=O)c2ccc(C(=O)Nc3ccc(CNC(=O)C(F)(F)F)cc3)cc2C1=O. The van der Waals surface area contributed by atoms with Crippen molar-refractivity contribution in [3.05, 3.63) is 64.7 Å². The Morgan fingerprint density at radius 2 is 1.67 bits per heavy atom. The quantitative estimate of drug-likeness (QED) is 0.463. The monoisotopic (exact) mass is 463 g/mol. The molecule has 0 saturated heterocycles. The second kappa shape index (κ2) is 9.82. The highest BCUT2D eigenvalue weighted by molar-refractivity contribution is 6.22. The topological polar surface area (TPSA) is 105 Å². The van der Waals surface area contributed by atoms with Crippen LogP contribution >= 0.6 is 0 Å². The van der Waals surface area contributed by atoms with Gasteiger partial charge in [0.25, 0.3) is 17.7 Å². The number of hydrogen-bond donors (Lipinski definition) is 2. The minimum atomic E-state index is -4.96. The van der Waals surface area contributed by atoms with Gasteiger partial charge in [0.15, 0.2) is 0 Å². The summed E-state index contributed by atoms with van der Waals surface area (Å²) in [5.74, 6) is -3.48. The average molecular weight is 463 g/mol. The molecule has 0 aliphatic carbocycles. The van der Waals surface area contributed by atoms with Crippen LogP contribution in [-0.2, 0) is 16.1 Å². The maximum absolute atomic E-state index is 12.6. The van der Waals surface area contributed by atoms with E-state index < -0.39 is 29.8 Å². The fourth-order valence-corrected chi connectivity index (χ4v) is 3.19. The van der Waals surface area contributed by atoms with Gasteiger partial charge in [0, 0.05) is 38.1 Å². The molecule has 2 N–H and O–H groups in total. The molecule has 1 heterocycles. The van der Waals surface area contributed by atoms with Gasteiger partial charge in [0.2, 0.25) is 0 Å². The molecule has 2 aromatic carbocycles. The zero-order chi connectivity index (χ0) is 24.2. The zero-order valence-corrected chi connectivity index (χ0v) is 17.5. The van der Waals surface area contributed by atoms with Gasteiger partial charge < -0.3 is 15.4 Å². The summed E-state index contributed by atoms with van der Waals surface area (Å²) < 4.78 is 41.6. The fourth-order valence-electron chi connectivity index (χ4n) is 3.19. The van der Waals surface area contributed by atoms with Crippen LogP contribution < -0.4 is 10.6 Å². The second-order valence-corrected chi connectivity index (χ2v) is 7.20. The van der Waals surface area contributed by atoms with Crippen molar-refractivity contribution in [2.45, 2.75) is 19.1 Å². The molecule has 0 spiro atoms. The highest BCUT2D eigenvalue weighted by atomic mass is 19.4. The molecule has 1 aliphatic rings. The molecule has 8 nitrogen and oxygen atoms in total. The van der Waals surface area contributed by atoms with Crippen LogP contribution in [0.4, 0.5) is 18.9 Å². The summed E-state index contributed by atoms with van der Waals surface area (Å²) >= 11 is 0. The molecule has 3 rings (SSSR count). The van der Waals surface area contributed by atoms with Gasteiger partial charge >= 0.3 is 12.1 Å². The third-order valence-electron chi connectivity index (χ3n) is 4.89. The molecule has 0 saturated carbocycles. The standard InChI is InChI=1S/C22H20F3N3O5/c1-33-10-2-9-28-19(30)16-8-5-14(11-17(16)20(28)31)18(29)27-15-6-3-13(4-7-15)12-26-21(32)22(23,24)25/h3-8,11H,2,9-10,12H2,1H3,(H,26,32)(H,27,29). The number of carbonyl (C=O) groups excluding carboxylic acids is 4. The molecule has 0 bridgehead atoms. The van der Waals surface area contributed by atoms with E-state index >= 15 is 0 Å².